The van der Waals surface area contributed by atoms with Crippen LogP contribution < -0.4 is 16.0 Å². The Bertz CT molecular complexity index is 921. The van der Waals surface area contributed by atoms with E-state index in [0.29, 0.717) is 11.5 Å². The zero-order valence-electron chi connectivity index (χ0n) is 16.5. The lowest BCUT2D eigenvalue weighted by atomic mass is 9.79. The summed E-state index contributed by atoms with van der Waals surface area (Å²) in [6.45, 7) is 5.79. The molecular weight excluding hydrogens is 352 g/mol. The fourth-order valence-electron chi connectivity index (χ4n) is 4.43. The van der Waals surface area contributed by atoms with Crippen molar-refractivity contribution in [3.63, 3.8) is 0 Å². The van der Waals surface area contributed by atoms with E-state index in [1.165, 1.54) is 0 Å². The molecule has 1 fully saturated rings. The molecule has 1 aliphatic carbocycles. The fraction of sp³-hybridized carbons (Fsp3) is 0.409. The third kappa shape index (κ3) is 3.23. The Hall–Kier alpha value is -2.89. The van der Waals surface area contributed by atoms with Crippen LogP contribution in [0.15, 0.2) is 36.5 Å². The van der Waals surface area contributed by atoms with Crippen molar-refractivity contribution in [2.45, 2.75) is 45.7 Å². The van der Waals surface area contributed by atoms with Gasteiger partial charge in [0.25, 0.3) is 0 Å². The number of benzene rings is 1. The van der Waals surface area contributed by atoms with Crippen molar-refractivity contribution >= 4 is 23.3 Å². The molecule has 2 aromatic rings. The molecular formula is C22H26N4O2. The van der Waals surface area contributed by atoms with Gasteiger partial charge >= 0.3 is 0 Å². The van der Waals surface area contributed by atoms with Gasteiger partial charge in [0, 0.05) is 36.3 Å². The van der Waals surface area contributed by atoms with E-state index in [9.17, 15) is 9.59 Å². The quantitative estimate of drug-likeness (QED) is 0.853. The Labute approximate surface area is 165 Å². The smallest absolute Gasteiger partial charge is 0.248 e. The zero-order chi connectivity index (χ0) is 20.0. The molecule has 3 N–H and O–H groups in total. The number of hydrogen-bond acceptors (Lipinski definition) is 4. The van der Waals surface area contributed by atoms with Crippen LogP contribution in [0.25, 0.3) is 0 Å². The minimum absolute atomic E-state index is 0.0312. The second-order valence-corrected chi connectivity index (χ2v) is 8.06. The van der Waals surface area contributed by atoms with Crippen molar-refractivity contribution in [1.82, 2.24) is 4.98 Å². The van der Waals surface area contributed by atoms with Crippen LogP contribution in [0.5, 0.6) is 0 Å². The van der Waals surface area contributed by atoms with Crippen molar-refractivity contribution in [2.75, 3.05) is 10.2 Å². The normalized spacial score (nSPS) is 23.8. The highest BCUT2D eigenvalue weighted by Crippen LogP contribution is 2.50. The second kappa shape index (κ2) is 6.93. The summed E-state index contributed by atoms with van der Waals surface area (Å²) in [6, 6.07) is 9.43. The predicted molar refractivity (Wildman–Crippen MR) is 109 cm³/mol. The summed E-state index contributed by atoms with van der Waals surface area (Å²) in [4.78, 5) is 30.8. The number of pyridine rings is 1. The van der Waals surface area contributed by atoms with Gasteiger partial charge in [-0.25, -0.2) is 4.98 Å². The van der Waals surface area contributed by atoms with Crippen LogP contribution in [-0.2, 0) is 4.79 Å². The number of nitrogens with zero attached hydrogens (tertiary/aromatic N) is 2. The van der Waals surface area contributed by atoms with E-state index in [2.05, 4.69) is 17.2 Å². The second-order valence-electron chi connectivity index (χ2n) is 8.06. The predicted octanol–water partition coefficient (Wildman–Crippen LogP) is 3.42. The van der Waals surface area contributed by atoms with Crippen molar-refractivity contribution in [2.24, 2.45) is 17.6 Å². The van der Waals surface area contributed by atoms with E-state index < -0.39 is 5.91 Å². The van der Waals surface area contributed by atoms with E-state index >= 15 is 0 Å². The molecule has 146 valence electrons. The van der Waals surface area contributed by atoms with E-state index in [1.807, 2.05) is 42.3 Å². The molecule has 0 saturated heterocycles. The number of carbonyl (C=O) groups excluding carboxylic acids is 2. The Morgan fingerprint density at radius 2 is 1.96 bits per heavy atom. The summed E-state index contributed by atoms with van der Waals surface area (Å²) >= 11 is 0. The Morgan fingerprint density at radius 3 is 2.54 bits per heavy atom. The molecule has 0 radical (unpaired) electrons. The minimum Gasteiger partial charge on any atom is -0.366 e. The largest absolute Gasteiger partial charge is 0.366 e. The summed E-state index contributed by atoms with van der Waals surface area (Å²) in [5.74, 6) is 1.02. The zero-order valence-corrected chi connectivity index (χ0v) is 16.5. The molecule has 3 atom stereocenters. The molecule has 1 aromatic carbocycles. The van der Waals surface area contributed by atoms with E-state index in [1.54, 1.807) is 13.0 Å². The fourth-order valence-corrected chi connectivity index (χ4v) is 4.43. The molecule has 1 aromatic heterocycles. The van der Waals surface area contributed by atoms with Crippen molar-refractivity contribution in [1.29, 1.82) is 0 Å². The van der Waals surface area contributed by atoms with Crippen LogP contribution in [0.4, 0.5) is 11.5 Å². The summed E-state index contributed by atoms with van der Waals surface area (Å²) < 4.78 is 0. The molecule has 0 unspecified atom stereocenters. The Morgan fingerprint density at radius 1 is 1.21 bits per heavy atom. The topological polar surface area (TPSA) is 88.3 Å². The number of hydrogen-bond donors (Lipinski definition) is 2. The van der Waals surface area contributed by atoms with Gasteiger partial charge in [0.05, 0.1) is 6.04 Å². The number of anilines is 2. The minimum atomic E-state index is -0.471. The van der Waals surface area contributed by atoms with Gasteiger partial charge in [0.1, 0.15) is 5.82 Å². The van der Waals surface area contributed by atoms with Gasteiger partial charge in [-0.1, -0.05) is 13.0 Å². The number of primary amides is 1. The highest BCUT2D eigenvalue weighted by Gasteiger charge is 2.47. The van der Waals surface area contributed by atoms with E-state index in [0.717, 1.165) is 35.5 Å². The first-order chi connectivity index (χ1) is 13.4. The standard InChI is InChI=1S/C22H26N4O2/c1-12-4-9-19(24-11-12)25-20-13(2)21(15-5-6-15)26(14(3)27)18-8-7-16(22(23)28)10-17(18)20/h4,7-11,13,15,20-21H,5-6H2,1-3H3,(H2,23,28)(H,24,25)/t13-,20-,21-/m1/s1. The van der Waals surface area contributed by atoms with E-state index in [-0.39, 0.29) is 23.9 Å². The van der Waals surface area contributed by atoms with Gasteiger partial charge in [-0.05, 0) is 61.1 Å². The number of nitrogens with two attached hydrogens (primary N) is 1. The van der Waals surface area contributed by atoms with Gasteiger partial charge in [0.2, 0.25) is 11.8 Å². The van der Waals surface area contributed by atoms with E-state index in [4.69, 9.17) is 5.73 Å². The van der Waals surface area contributed by atoms with Crippen molar-refractivity contribution < 1.29 is 9.59 Å². The first-order valence-corrected chi connectivity index (χ1v) is 9.79. The summed E-state index contributed by atoms with van der Waals surface area (Å²) in [5, 5.41) is 3.55. The van der Waals surface area contributed by atoms with Crippen LogP contribution in [0.1, 0.15) is 54.2 Å². The molecule has 0 bridgehead atoms. The SMILES string of the molecule is CC(=O)N1c2ccc(C(N)=O)cc2[C@H](Nc2ccc(C)cn2)[C@@H](C)[C@@H]1C1CC1. The maximum absolute atomic E-state index is 12.6. The lowest BCUT2D eigenvalue weighted by Crippen LogP contribution is -2.51. The molecule has 6 heteroatoms. The summed E-state index contributed by atoms with van der Waals surface area (Å²) in [5.41, 5.74) is 8.84. The third-order valence-electron chi connectivity index (χ3n) is 5.93. The summed E-state index contributed by atoms with van der Waals surface area (Å²) in [7, 11) is 0. The van der Waals surface area contributed by atoms with Crippen LogP contribution >= 0.6 is 0 Å². The van der Waals surface area contributed by atoms with Crippen molar-refractivity contribution in [3.05, 3.63) is 53.2 Å². The lowest BCUT2D eigenvalue weighted by molar-refractivity contribution is -0.117. The Balaban J connectivity index is 1.82. The molecule has 2 amide bonds. The molecule has 0 spiro atoms. The average Bonchev–Trinajstić information content (AvgIpc) is 3.49. The van der Waals surface area contributed by atoms with Gasteiger partial charge in [-0.15, -0.1) is 0 Å². The maximum Gasteiger partial charge on any atom is 0.248 e. The molecule has 4 rings (SSSR count). The Kier molecular flexibility index (Phi) is 4.57. The lowest BCUT2D eigenvalue weighted by Gasteiger charge is -2.46. The monoisotopic (exact) mass is 378 g/mol. The van der Waals surface area contributed by atoms with Crippen LogP contribution in [0.2, 0.25) is 0 Å². The number of carbonyl (C=O) groups is 2. The molecule has 1 aliphatic heterocycles. The molecule has 6 nitrogen and oxygen atoms in total. The number of aryl methyl sites for hydroxylation is 1. The third-order valence-corrected chi connectivity index (χ3v) is 5.93. The molecule has 28 heavy (non-hydrogen) atoms. The number of fused-ring (bicyclic) bond motifs is 1. The van der Waals surface area contributed by atoms with Gasteiger partial charge in [0.15, 0.2) is 0 Å². The van der Waals surface area contributed by atoms with Gasteiger partial charge in [-0.3, -0.25) is 9.59 Å². The maximum atomic E-state index is 12.6. The molecule has 2 heterocycles. The summed E-state index contributed by atoms with van der Waals surface area (Å²) in [6.07, 6.45) is 4.11. The highest BCUT2D eigenvalue weighted by molar-refractivity contribution is 5.97. The number of aromatic nitrogens is 1. The van der Waals surface area contributed by atoms with Gasteiger partial charge in [-0.2, -0.15) is 0 Å². The average molecular weight is 378 g/mol. The van der Waals surface area contributed by atoms with Crippen LogP contribution in [0, 0.1) is 18.8 Å². The number of rotatable bonds is 4. The highest BCUT2D eigenvalue weighted by atomic mass is 16.2. The first-order valence-electron chi connectivity index (χ1n) is 9.79. The van der Waals surface area contributed by atoms with Gasteiger partial charge < -0.3 is 16.0 Å². The van der Waals surface area contributed by atoms with Crippen LogP contribution in [-0.4, -0.2) is 22.8 Å². The number of amides is 2. The van der Waals surface area contributed by atoms with Crippen LogP contribution in [0.3, 0.4) is 0 Å². The molecule has 1 saturated carbocycles. The number of nitrogens with one attached hydrogen (secondary N) is 1. The first kappa shape index (κ1) is 18.5. The molecule has 2 aliphatic rings. The van der Waals surface area contributed by atoms with Crippen molar-refractivity contribution in [3.8, 4) is 0 Å².